The van der Waals surface area contributed by atoms with Crippen LogP contribution in [-0.2, 0) is 12.8 Å². The van der Waals surface area contributed by atoms with Gasteiger partial charge in [0.05, 0.1) is 18.3 Å². The molecule has 2 N–H and O–H groups in total. The second kappa shape index (κ2) is 7.13. The number of hydrogen-bond acceptors (Lipinski definition) is 3. The molecule has 30 heavy (non-hydrogen) atoms. The summed E-state index contributed by atoms with van der Waals surface area (Å²) in [6, 6.07) is 17.3. The van der Waals surface area contributed by atoms with Gasteiger partial charge in [-0.3, -0.25) is 4.98 Å². The predicted molar refractivity (Wildman–Crippen MR) is 123 cm³/mol. The number of nitrogens with zero attached hydrogens (tertiary/aromatic N) is 1. The molecule has 0 saturated carbocycles. The van der Waals surface area contributed by atoms with E-state index in [1.54, 1.807) is 7.11 Å². The van der Waals surface area contributed by atoms with E-state index in [-0.39, 0.29) is 5.41 Å². The van der Waals surface area contributed by atoms with Crippen LogP contribution in [0.4, 0.5) is 0 Å². The molecule has 2 aromatic carbocycles. The van der Waals surface area contributed by atoms with Crippen molar-refractivity contribution >= 4 is 21.8 Å². The number of hydrogen-bond donors (Lipinski definition) is 2. The minimum absolute atomic E-state index is 0.227. The van der Waals surface area contributed by atoms with E-state index < -0.39 is 0 Å². The minimum atomic E-state index is 0.227. The van der Waals surface area contributed by atoms with Crippen molar-refractivity contribution in [2.45, 2.75) is 39.2 Å². The zero-order valence-corrected chi connectivity index (χ0v) is 18.2. The van der Waals surface area contributed by atoms with Crippen molar-refractivity contribution in [2.75, 3.05) is 14.2 Å². The quantitative estimate of drug-likeness (QED) is 0.473. The third-order valence-electron chi connectivity index (χ3n) is 6.48. The Labute approximate surface area is 177 Å². The molecule has 4 aromatic rings. The lowest BCUT2D eigenvalue weighted by atomic mass is 9.72. The number of ether oxygens (including phenoxy) is 1. The standard InChI is InChI=1S/C26H29N3O/c1-26(2)14-21(27-3)24-22(15-26)28-20(13-16-9-11-17(30-4)12-10-16)25-23(24)18-7-5-6-8-19(18)29-25/h5-12,21,27,29H,13-15H2,1-4H3. The number of H-pyrrole nitrogens is 1. The van der Waals surface area contributed by atoms with Crippen LogP contribution in [0.3, 0.4) is 0 Å². The first-order valence-corrected chi connectivity index (χ1v) is 10.7. The molecule has 4 heteroatoms. The number of aromatic amines is 1. The Bertz CT molecular complexity index is 1220. The van der Waals surface area contributed by atoms with E-state index in [2.05, 4.69) is 67.6 Å². The second-order valence-corrected chi connectivity index (χ2v) is 9.25. The fraction of sp³-hybridized carbons (Fsp3) is 0.346. The van der Waals surface area contributed by atoms with Gasteiger partial charge in [-0.25, -0.2) is 0 Å². The lowest BCUT2D eigenvalue weighted by Crippen LogP contribution is -2.32. The van der Waals surface area contributed by atoms with Crippen LogP contribution in [0.2, 0.25) is 0 Å². The molecule has 0 bridgehead atoms. The van der Waals surface area contributed by atoms with Crippen molar-refractivity contribution in [3.8, 4) is 5.75 Å². The number of aromatic nitrogens is 2. The lowest BCUT2D eigenvalue weighted by molar-refractivity contribution is 0.262. The van der Waals surface area contributed by atoms with E-state index >= 15 is 0 Å². The van der Waals surface area contributed by atoms with Crippen molar-refractivity contribution in [3.63, 3.8) is 0 Å². The van der Waals surface area contributed by atoms with Gasteiger partial charge in [-0.1, -0.05) is 44.2 Å². The summed E-state index contributed by atoms with van der Waals surface area (Å²) in [5.74, 6) is 0.881. The highest BCUT2D eigenvalue weighted by atomic mass is 16.5. The first-order chi connectivity index (χ1) is 14.5. The van der Waals surface area contributed by atoms with Gasteiger partial charge in [0.25, 0.3) is 0 Å². The number of nitrogens with one attached hydrogen (secondary N) is 2. The first-order valence-electron chi connectivity index (χ1n) is 10.7. The number of fused-ring (bicyclic) bond motifs is 5. The van der Waals surface area contributed by atoms with Crippen LogP contribution in [0.1, 0.15) is 48.8 Å². The molecule has 0 aliphatic heterocycles. The molecule has 1 atom stereocenters. The SMILES string of the molecule is CNC1CC(C)(C)Cc2nc(Cc3ccc(OC)cc3)c3[nH]c4ccccc4c3c21. The number of pyridine rings is 1. The number of methoxy groups -OCH3 is 1. The van der Waals surface area contributed by atoms with Gasteiger partial charge >= 0.3 is 0 Å². The van der Waals surface area contributed by atoms with Crippen LogP contribution in [0.25, 0.3) is 21.8 Å². The Hall–Kier alpha value is -2.85. The van der Waals surface area contributed by atoms with E-state index in [0.717, 1.165) is 30.7 Å². The highest BCUT2D eigenvalue weighted by molar-refractivity contribution is 6.10. The van der Waals surface area contributed by atoms with Gasteiger partial charge in [0.1, 0.15) is 5.75 Å². The van der Waals surface area contributed by atoms with E-state index in [4.69, 9.17) is 9.72 Å². The zero-order valence-electron chi connectivity index (χ0n) is 18.2. The van der Waals surface area contributed by atoms with Gasteiger partial charge < -0.3 is 15.0 Å². The van der Waals surface area contributed by atoms with Crippen LogP contribution in [-0.4, -0.2) is 24.1 Å². The Morgan fingerprint density at radius 3 is 2.63 bits per heavy atom. The molecule has 0 amide bonds. The smallest absolute Gasteiger partial charge is 0.118 e. The highest BCUT2D eigenvalue weighted by Crippen LogP contribution is 2.45. The summed E-state index contributed by atoms with van der Waals surface area (Å²) >= 11 is 0. The highest BCUT2D eigenvalue weighted by Gasteiger charge is 2.35. The molecular weight excluding hydrogens is 370 g/mol. The Kier molecular flexibility index (Phi) is 4.55. The van der Waals surface area contributed by atoms with Gasteiger partial charge in [0, 0.05) is 40.0 Å². The van der Waals surface area contributed by atoms with Gasteiger partial charge in [-0.2, -0.15) is 0 Å². The molecule has 1 aliphatic carbocycles. The van der Waals surface area contributed by atoms with Crippen LogP contribution in [0.5, 0.6) is 5.75 Å². The van der Waals surface area contributed by atoms with Crippen LogP contribution < -0.4 is 10.1 Å². The number of para-hydroxylation sites is 1. The predicted octanol–water partition coefficient (Wildman–Crippen LogP) is 5.55. The molecule has 0 fully saturated rings. The van der Waals surface area contributed by atoms with Crippen molar-refractivity contribution in [1.29, 1.82) is 0 Å². The van der Waals surface area contributed by atoms with Crippen molar-refractivity contribution < 1.29 is 4.74 Å². The maximum atomic E-state index is 5.32. The zero-order chi connectivity index (χ0) is 20.9. The summed E-state index contributed by atoms with van der Waals surface area (Å²) in [7, 11) is 3.77. The van der Waals surface area contributed by atoms with E-state index in [1.807, 2.05) is 12.1 Å². The first kappa shape index (κ1) is 19.1. The van der Waals surface area contributed by atoms with Gasteiger partial charge in [-0.15, -0.1) is 0 Å². The van der Waals surface area contributed by atoms with Crippen LogP contribution in [0, 0.1) is 5.41 Å². The Balaban J connectivity index is 1.75. The minimum Gasteiger partial charge on any atom is -0.497 e. The summed E-state index contributed by atoms with van der Waals surface area (Å²) in [6.45, 7) is 4.70. The maximum absolute atomic E-state index is 5.32. The molecule has 5 rings (SSSR count). The molecule has 1 aliphatic rings. The maximum Gasteiger partial charge on any atom is 0.118 e. The molecule has 2 heterocycles. The summed E-state index contributed by atoms with van der Waals surface area (Å²) in [5.41, 5.74) is 7.56. The number of benzene rings is 2. The largest absolute Gasteiger partial charge is 0.497 e. The molecule has 0 saturated heterocycles. The topological polar surface area (TPSA) is 49.9 Å². The normalized spacial score (nSPS) is 17.9. The van der Waals surface area contributed by atoms with Crippen LogP contribution in [0.15, 0.2) is 48.5 Å². The Morgan fingerprint density at radius 2 is 1.90 bits per heavy atom. The molecule has 0 radical (unpaired) electrons. The van der Waals surface area contributed by atoms with E-state index in [1.165, 1.54) is 38.6 Å². The van der Waals surface area contributed by atoms with Crippen molar-refractivity contribution in [1.82, 2.24) is 15.3 Å². The van der Waals surface area contributed by atoms with Crippen LogP contribution >= 0.6 is 0 Å². The molecule has 154 valence electrons. The summed E-state index contributed by atoms with van der Waals surface area (Å²) in [5, 5.41) is 6.21. The number of rotatable bonds is 4. The average molecular weight is 400 g/mol. The third kappa shape index (κ3) is 3.16. The van der Waals surface area contributed by atoms with E-state index in [0.29, 0.717) is 6.04 Å². The molecular formula is C26H29N3O. The molecule has 4 nitrogen and oxygen atoms in total. The lowest BCUT2D eigenvalue weighted by Gasteiger charge is -2.37. The molecule has 0 spiro atoms. The fourth-order valence-electron chi connectivity index (χ4n) is 5.06. The third-order valence-corrected chi connectivity index (χ3v) is 6.48. The Morgan fingerprint density at radius 1 is 1.13 bits per heavy atom. The van der Waals surface area contributed by atoms with Crippen molar-refractivity contribution in [3.05, 3.63) is 71.0 Å². The van der Waals surface area contributed by atoms with Gasteiger partial charge in [0.2, 0.25) is 0 Å². The van der Waals surface area contributed by atoms with E-state index in [9.17, 15) is 0 Å². The fourth-order valence-corrected chi connectivity index (χ4v) is 5.06. The monoisotopic (exact) mass is 399 g/mol. The molecule has 1 unspecified atom stereocenters. The summed E-state index contributed by atoms with van der Waals surface area (Å²) in [4.78, 5) is 8.96. The second-order valence-electron chi connectivity index (χ2n) is 9.25. The summed E-state index contributed by atoms with van der Waals surface area (Å²) < 4.78 is 5.32. The van der Waals surface area contributed by atoms with Gasteiger partial charge in [-0.05, 0) is 49.1 Å². The average Bonchev–Trinajstić information content (AvgIpc) is 3.13. The van der Waals surface area contributed by atoms with Crippen molar-refractivity contribution in [2.24, 2.45) is 5.41 Å². The molecule has 2 aromatic heterocycles. The van der Waals surface area contributed by atoms with Gasteiger partial charge in [0.15, 0.2) is 0 Å². The summed E-state index contributed by atoms with van der Waals surface area (Å²) in [6.07, 6.45) is 2.92.